The summed E-state index contributed by atoms with van der Waals surface area (Å²) in [6, 6.07) is 6.42. The highest BCUT2D eigenvalue weighted by atomic mass is 16.6. The Kier molecular flexibility index (Phi) is 7.50. The average molecular weight is 447 g/mol. The molecule has 4 amide bonds. The fourth-order valence-electron chi connectivity index (χ4n) is 3.37. The Hall–Kier alpha value is -3.56. The van der Waals surface area contributed by atoms with E-state index in [9.17, 15) is 19.2 Å². The van der Waals surface area contributed by atoms with E-state index in [1.54, 1.807) is 58.9 Å². The molecule has 0 saturated heterocycles. The molecule has 0 radical (unpaired) electrons. The predicted octanol–water partition coefficient (Wildman–Crippen LogP) is 3.86. The van der Waals surface area contributed by atoms with Crippen LogP contribution in [0.15, 0.2) is 36.9 Å². The number of benzene rings is 1. The summed E-state index contributed by atoms with van der Waals surface area (Å²) in [6.07, 6.45) is -1.61. The molecule has 1 heterocycles. The summed E-state index contributed by atoms with van der Waals surface area (Å²) in [5.41, 5.74) is 0.0800. The van der Waals surface area contributed by atoms with Gasteiger partial charge in [-0.3, -0.25) is 4.79 Å². The summed E-state index contributed by atoms with van der Waals surface area (Å²) in [5.74, 6) is -0.808. The molecule has 0 fully saturated rings. The molecule has 1 atom stereocenters. The summed E-state index contributed by atoms with van der Waals surface area (Å²) in [4.78, 5) is 52.8. The molecule has 2 rings (SSSR count). The zero-order valence-corrected chi connectivity index (χ0v) is 19.0. The topological polar surface area (TPSA) is 114 Å². The smallest absolute Gasteiger partial charge is 0.430 e. The third kappa shape index (κ3) is 4.68. The van der Waals surface area contributed by atoms with Crippen LogP contribution in [0.5, 0.6) is 0 Å². The van der Waals surface area contributed by atoms with E-state index < -0.39 is 35.3 Å². The van der Waals surface area contributed by atoms with E-state index in [1.165, 1.54) is 6.08 Å². The molecule has 1 aliphatic heterocycles. The number of carbonyl (C=O) groups is 4. The van der Waals surface area contributed by atoms with Gasteiger partial charge in [0.2, 0.25) is 0 Å². The van der Waals surface area contributed by atoms with Crippen LogP contribution in [0, 0.1) is 0 Å². The quantitative estimate of drug-likeness (QED) is 0.414. The second-order valence-corrected chi connectivity index (χ2v) is 7.86. The second-order valence-electron chi connectivity index (χ2n) is 7.86. The lowest BCUT2D eigenvalue weighted by Crippen LogP contribution is -2.62. The largest absolute Gasteiger partial charge is 0.449 e. The van der Waals surface area contributed by atoms with Gasteiger partial charge in [0.1, 0.15) is 5.60 Å². The van der Waals surface area contributed by atoms with E-state index in [0.29, 0.717) is 5.56 Å². The molecule has 10 nitrogen and oxygen atoms in total. The van der Waals surface area contributed by atoms with Crippen LogP contribution >= 0.6 is 0 Å². The third-order valence-corrected chi connectivity index (χ3v) is 4.47. The number of fused-ring (bicyclic) bond motifs is 1. The molecule has 1 aliphatic rings. The molecule has 32 heavy (non-hydrogen) atoms. The highest BCUT2D eigenvalue weighted by Crippen LogP contribution is 2.46. The van der Waals surface area contributed by atoms with E-state index in [1.807, 2.05) is 0 Å². The lowest BCUT2D eigenvalue weighted by Gasteiger charge is -2.37. The molecule has 0 saturated carbocycles. The van der Waals surface area contributed by atoms with Gasteiger partial charge < -0.3 is 14.2 Å². The molecular weight excluding hydrogens is 418 g/mol. The van der Waals surface area contributed by atoms with E-state index in [-0.39, 0.29) is 25.3 Å². The SMILES string of the molecule is C=CCC1(N(NC(=O)OCC)C(=O)OCC)C(=O)N(C(=O)OC(C)(C)C)c2ccccc21. The number of nitrogens with one attached hydrogen (secondary N) is 1. The van der Waals surface area contributed by atoms with Crippen molar-refractivity contribution >= 4 is 29.9 Å². The van der Waals surface area contributed by atoms with Gasteiger partial charge in [0.05, 0.1) is 18.9 Å². The molecule has 1 N–H and O–H groups in total. The Balaban J connectivity index is 2.70. The Labute approximate surface area is 187 Å². The average Bonchev–Trinajstić information content (AvgIpc) is 2.94. The summed E-state index contributed by atoms with van der Waals surface area (Å²) in [7, 11) is 0. The monoisotopic (exact) mass is 447 g/mol. The maximum Gasteiger partial charge on any atom is 0.430 e. The first-order valence-corrected chi connectivity index (χ1v) is 10.2. The van der Waals surface area contributed by atoms with Crippen molar-refractivity contribution in [3.05, 3.63) is 42.5 Å². The van der Waals surface area contributed by atoms with Crippen LogP contribution in [0.1, 0.15) is 46.6 Å². The van der Waals surface area contributed by atoms with Gasteiger partial charge in [-0.1, -0.05) is 24.3 Å². The van der Waals surface area contributed by atoms with E-state index in [4.69, 9.17) is 14.2 Å². The fourth-order valence-corrected chi connectivity index (χ4v) is 3.37. The van der Waals surface area contributed by atoms with Crippen molar-refractivity contribution in [2.75, 3.05) is 18.1 Å². The van der Waals surface area contributed by atoms with Crippen LogP contribution in [-0.4, -0.2) is 48.0 Å². The van der Waals surface area contributed by atoms with Crippen molar-refractivity contribution in [2.45, 2.75) is 52.2 Å². The minimum absolute atomic E-state index is 0.0182. The van der Waals surface area contributed by atoms with Crippen molar-refractivity contribution in [1.82, 2.24) is 10.4 Å². The number of rotatable bonds is 5. The molecule has 10 heteroatoms. The lowest BCUT2D eigenvalue weighted by molar-refractivity contribution is -0.130. The summed E-state index contributed by atoms with van der Waals surface area (Å²) in [5, 5.41) is 0.752. The van der Waals surface area contributed by atoms with Crippen molar-refractivity contribution in [3.8, 4) is 0 Å². The number of hydrogen-bond acceptors (Lipinski definition) is 7. The Morgan fingerprint density at radius 3 is 2.34 bits per heavy atom. The molecule has 0 aromatic heterocycles. The van der Waals surface area contributed by atoms with Crippen LogP contribution in [0.4, 0.5) is 20.1 Å². The van der Waals surface area contributed by atoms with Gasteiger partial charge in [-0.25, -0.2) is 24.7 Å². The molecule has 174 valence electrons. The van der Waals surface area contributed by atoms with Crippen LogP contribution in [-0.2, 0) is 24.5 Å². The van der Waals surface area contributed by atoms with Crippen LogP contribution in [0.2, 0.25) is 0 Å². The fraction of sp³-hybridized carbons (Fsp3) is 0.455. The first-order chi connectivity index (χ1) is 15.0. The number of carbonyl (C=O) groups excluding carboxylic acids is 4. The number of hydrogen-bond donors (Lipinski definition) is 1. The number of hydrazine groups is 1. The Morgan fingerprint density at radius 1 is 1.16 bits per heavy atom. The van der Waals surface area contributed by atoms with Gasteiger partial charge in [0.25, 0.3) is 5.91 Å². The first kappa shape index (κ1) is 24.7. The number of amides is 4. The molecule has 0 spiro atoms. The molecule has 0 aliphatic carbocycles. The van der Waals surface area contributed by atoms with Crippen molar-refractivity contribution in [1.29, 1.82) is 0 Å². The van der Waals surface area contributed by atoms with Gasteiger partial charge >= 0.3 is 18.3 Å². The van der Waals surface area contributed by atoms with Gasteiger partial charge in [-0.05, 0) is 40.7 Å². The second kappa shape index (κ2) is 9.71. The Bertz CT molecular complexity index is 909. The molecule has 1 aromatic carbocycles. The number of anilines is 1. The first-order valence-electron chi connectivity index (χ1n) is 10.2. The van der Waals surface area contributed by atoms with Crippen LogP contribution in [0.25, 0.3) is 0 Å². The number of ether oxygens (including phenoxy) is 3. The van der Waals surface area contributed by atoms with Crippen molar-refractivity contribution in [2.24, 2.45) is 0 Å². The summed E-state index contributed by atoms with van der Waals surface area (Å²) in [6.45, 7) is 11.9. The van der Waals surface area contributed by atoms with E-state index >= 15 is 0 Å². The molecule has 0 bridgehead atoms. The number of imide groups is 1. The normalized spacial score (nSPS) is 17.3. The Morgan fingerprint density at radius 2 is 1.78 bits per heavy atom. The summed E-state index contributed by atoms with van der Waals surface area (Å²) >= 11 is 0. The highest BCUT2D eigenvalue weighted by molar-refractivity contribution is 6.21. The number of nitrogens with zero attached hydrogens (tertiary/aromatic N) is 2. The maximum atomic E-state index is 13.8. The van der Waals surface area contributed by atoms with E-state index in [0.717, 1.165) is 9.91 Å². The predicted molar refractivity (Wildman–Crippen MR) is 116 cm³/mol. The third-order valence-electron chi connectivity index (χ3n) is 4.47. The van der Waals surface area contributed by atoms with Crippen molar-refractivity contribution in [3.63, 3.8) is 0 Å². The standard InChI is InChI=1S/C22H29N3O7/c1-7-14-22(25(20(29)31-9-3)23-18(27)30-8-2)15-12-10-11-13-16(15)24(17(22)26)19(28)32-21(4,5)6/h7,10-13H,1,8-9,14H2,2-6H3,(H,23,27). The van der Waals surface area contributed by atoms with Crippen molar-refractivity contribution < 1.29 is 33.4 Å². The minimum Gasteiger partial charge on any atom is -0.449 e. The van der Waals surface area contributed by atoms with Crippen LogP contribution < -0.4 is 10.3 Å². The van der Waals surface area contributed by atoms with Crippen LogP contribution in [0.3, 0.4) is 0 Å². The van der Waals surface area contributed by atoms with Gasteiger partial charge in [-0.15, -0.1) is 6.58 Å². The molecule has 1 unspecified atom stereocenters. The maximum absolute atomic E-state index is 13.8. The highest BCUT2D eigenvalue weighted by Gasteiger charge is 2.59. The van der Waals surface area contributed by atoms with Gasteiger partial charge in [0, 0.05) is 12.0 Å². The summed E-state index contributed by atoms with van der Waals surface area (Å²) < 4.78 is 15.4. The van der Waals surface area contributed by atoms with Gasteiger partial charge in [0.15, 0.2) is 5.54 Å². The van der Waals surface area contributed by atoms with E-state index in [2.05, 4.69) is 12.0 Å². The minimum atomic E-state index is -1.85. The van der Waals surface area contributed by atoms with Gasteiger partial charge in [-0.2, -0.15) is 5.01 Å². The molecular formula is C22H29N3O7. The zero-order chi connectivity index (χ0) is 24.1. The molecule has 1 aromatic rings. The number of para-hydroxylation sites is 1. The lowest BCUT2D eigenvalue weighted by atomic mass is 9.87. The zero-order valence-electron chi connectivity index (χ0n) is 19.0.